The summed E-state index contributed by atoms with van der Waals surface area (Å²) in [6, 6.07) is 6.01. The van der Waals surface area contributed by atoms with Crippen molar-refractivity contribution in [1.82, 2.24) is 0 Å². The van der Waals surface area contributed by atoms with Crippen LogP contribution in [0.4, 0.5) is 0 Å². The lowest BCUT2D eigenvalue weighted by molar-refractivity contribution is 0.280. The summed E-state index contributed by atoms with van der Waals surface area (Å²) in [5.41, 5.74) is 3.35. The Morgan fingerprint density at radius 2 is 2.12 bits per heavy atom. The molecule has 2 nitrogen and oxygen atoms in total. The highest BCUT2D eigenvalue weighted by Gasteiger charge is 2.35. The van der Waals surface area contributed by atoms with Gasteiger partial charge in [0, 0.05) is 15.5 Å². The highest BCUT2D eigenvalue weighted by atomic mass is 32.2. The Bertz CT molecular complexity index is 446. The third kappa shape index (κ3) is 2.31. The van der Waals surface area contributed by atoms with E-state index < -0.39 is 10.8 Å². The lowest BCUT2D eigenvalue weighted by Crippen LogP contribution is -2.26. The van der Waals surface area contributed by atoms with E-state index in [0.717, 1.165) is 24.0 Å². The molecule has 0 spiro atoms. The molecular weight excluding hydrogens is 232 g/mol. The van der Waals surface area contributed by atoms with Crippen LogP contribution >= 0.6 is 0 Å². The molecule has 94 valence electrons. The Morgan fingerprint density at radius 1 is 1.41 bits per heavy atom. The molecule has 0 aliphatic heterocycles. The maximum atomic E-state index is 12.5. The maximum Gasteiger partial charge on any atom is 0.0685 e. The first-order valence-corrected chi connectivity index (χ1v) is 7.28. The average molecular weight is 252 g/mol. The summed E-state index contributed by atoms with van der Waals surface area (Å²) in [5.74, 6) is 0. The van der Waals surface area contributed by atoms with Crippen LogP contribution in [-0.4, -0.2) is 14.1 Å². The van der Waals surface area contributed by atoms with Crippen molar-refractivity contribution in [3.05, 3.63) is 34.9 Å². The van der Waals surface area contributed by atoms with E-state index in [4.69, 9.17) is 0 Å². The highest BCUT2D eigenvalue weighted by molar-refractivity contribution is 7.86. The standard InChI is InChI=1S/C14H20O2S/c1-14(2,3)17(16)12-8-7-10-5-4-6-11(9-15)13(10)12/h4-6,12,15H,7-9H2,1-3H3. The largest absolute Gasteiger partial charge is 0.392 e. The lowest BCUT2D eigenvalue weighted by Gasteiger charge is -2.24. The number of rotatable bonds is 2. The van der Waals surface area contributed by atoms with Crippen LogP contribution in [0, 0.1) is 0 Å². The van der Waals surface area contributed by atoms with Gasteiger partial charge in [-0.05, 0) is 50.3 Å². The fourth-order valence-electron chi connectivity index (χ4n) is 2.51. The van der Waals surface area contributed by atoms with Gasteiger partial charge in [0.1, 0.15) is 0 Å². The van der Waals surface area contributed by atoms with Crippen LogP contribution in [-0.2, 0) is 23.8 Å². The zero-order valence-electron chi connectivity index (χ0n) is 10.7. The van der Waals surface area contributed by atoms with Crippen LogP contribution in [0.25, 0.3) is 0 Å². The van der Waals surface area contributed by atoms with Gasteiger partial charge in [-0.1, -0.05) is 18.2 Å². The van der Waals surface area contributed by atoms with Crippen LogP contribution in [0.1, 0.15) is 49.1 Å². The Kier molecular flexibility index (Phi) is 3.41. The van der Waals surface area contributed by atoms with Crippen molar-refractivity contribution in [1.29, 1.82) is 0 Å². The quantitative estimate of drug-likeness (QED) is 0.878. The predicted molar refractivity (Wildman–Crippen MR) is 71.3 cm³/mol. The number of aliphatic hydroxyl groups is 1. The molecule has 17 heavy (non-hydrogen) atoms. The first kappa shape index (κ1) is 12.8. The Morgan fingerprint density at radius 3 is 2.71 bits per heavy atom. The van der Waals surface area contributed by atoms with E-state index in [0.29, 0.717) is 0 Å². The second-order valence-electron chi connectivity index (χ2n) is 5.59. The van der Waals surface area contributed by atoms with E-state index in [1.807, 2.05) is 32.9 Å². The first-order chi connectivity index (χ1) is 7.95. The van der Waals surface area contributed by atoms with Gasteiger partial charge in [-0.15, -0.1) is 0 Å². The fourth-order valence-corrected chi connectivity index (χ4v) is 4.21. The van der Waals surface area contributed by atoms with Crippen molar-refractivity contribution < 1.29 is 9.32 Å². The lowest BCUT2D eigenvalue weighted by atomic mass is 10.0. The Balaban J connectivity index is 2.43. The molecule has 2 rings (SSSR count). The molecule has 3 heteroatoms. The Labute approximate surface area is 106 Å². The molecule has 1 aliphatic carbocycles. The van der Waals surface area contributed by atoms with Gasteiger partial charge in [0.2, 0.25) is 0 Å². The molecule has 2 unspecified atom stereocenters. The minimum absolute atomic E-state index is 0.0427. The number of aryl methyl sites for hydroxylation is 1. The van der Waals surface area contributed by atoms with Crippen molar-refractivity contribution >= 4 is 10.8 Å². The van der Waals surface area contributed by atoms with Crippen molar-refractivity contribution in [3.8, 4) is 0 Å². The molecule has 0 aromatic heterocycles. The normalized spacial score (nSPS) is 21.3. The van der Waals surface area contributed by atoms with Gasteiger partial charge < -0.3 is 5.11 Å². The van der Waals surface area contributed by atoms with Gasteiger partial charge in [0.25, 0.3) is 0 Å². The third-order valence-electron chi connectivity index (χ3n) is 3.32. The summed E-state index contributed by atoms with van der Waals surface area (Å²) in [6.45, 7) is 6.09. The van der Waals surface area contributed by atoms with Crippen LogP contribution in [0.2, 0.25) is 0 Å². The number of fused-ring (bicyclic) bond motifs is 1. The van der Waals surface area contributed by atoms with Crippen molar-refractivity contribution in [2.24, 2.45) is 0 Å². The summed E-state index contributed by atoms with van der Waals surface area (Å²) in [7, 11) is -0.897. The molecule has 1 aliphatic rings. The van der Waals surface area contributed by atoms with E-state index in [1.54, 1.807) is 0 Å². The minimum atomic E-state index is -0.897. The van der Waals surface area contributed by atoms with E-state index in [2.05, 4.69) is 6.07 Å². The van der Waals surface area contributed by atoms with Crippen LogP contribution in [0.15, 0.2) is 18.2 Å². The van der Waals surface area contributed by atoms with Crippen LogP contribution in [0.3, 0.4) is 0 Å². The fraction of sp³-hybridized carbons (Fsp3) is 0.571. The van der Waals surface area contributed by atoms with E-state index in [1.165, 1.54) is 5.56 Å². The van der Waals surface area contributed by atoms with Gasteiger partial charge in [-0.25, -0.2) is 0 Å². The number of hydrogen-bond acceptors (Lipinski definition) is 2. The van der Waals surface area contributed by atoms with Crippen molar-refractivity contribution in [2.45, 2.75) is 50.2 Å². The zero-order chi connectivity index (χ0) is 12.6. The minimum Gasteiger partial charge on any atom is -0.392 e. The monoisotopic (exact) mass is 252 g/mol. The molecule has 0 saturated carbocycles. The number of hydrogen-bond donors (Lipinski definition) is 1. The predicted octanol–water partition coefficient (Wildman–Crippen LogP) is 2.71. The average Bonchev–Trinajstić information content (AvgIpc) is 2.70. The van der Waals surface area contributed by atoms with E-state index >= 15 is 0 Å². The molecule has 1 N–H and O–H groups in total. The van der Waals surface area contributed by atoms with Crippen LogP contribution < -0.4 is 0 Å². The number of aliphatic hydroxyl groups excluding tert-OH is 1. The highest BCUT2D eigenvalue weighted by Crippen LogP contribution is 2.41. The van der Waals surface area contributed by atoms with Gasteiger partial charge >= 0.3 is 0 Å². The van der Waals surface area contributed by atoms with Crippen molar-refractivity contribution in [2.75, 3.05) is 0 Å². The molecule has 0 amide bonds. The van der Waals surface area contributed by atoms with Gasteiger partial charge in [-0.2, -0.15) is 0 Å². The summed E-state index contributed by atoms with van der Waals surface area (Å²) in [6.07, 6.45) is 1.92. The topological polar surface area (TPSA) is 37.3 Å². The molecule has 0 bridgehead atoms. The summed E-state index contributed by atoms with van der Waals surface area (Å²) in [5, 5.41) is 9.50. The molecule has 1 aromatic carbocycles. The molecule has 0 heterocycles. The van der Waals surface area contributed by atoms with E-state index in [-0.39, 0.29) is 16.6 Å². The van der Waals surface area contributed by atoms with Gasteiger partial charge in [-0.3, -0.25) is 4.21 Å². The summed E-state index contributed by atoms with van der Waals surface area (Å²) in [4.78, 5) is 0. The maximum absolute atomic E-state index is 12.5. The van der Waals surface area contributed by atoms with Crippen molar-refractivity contribution in [3.63, 3.8) is 0 Å². The van der Waals surface area contributed by atoms with Gasteiger partial charge in [0.05, 0.1) is 11.9 Å². The SMILES string of the molecule is CC(C)(C)S(=O)C1CCc2cccc(CO)c21. The number of benzene rings is 1. The summed E-state index contributed by atoms with van der Waals surface area (Å²) < 4.78 is 12.3. The molecule has 0 saturated heterocycles. The van der Waals surface area contributed by atoms with Crippen LogP contribution in [0.5, 0.6) is 0 Å². The summed E-state index contributed by atoms with van der Waals surface area (Å²) >= 11 is 0. The van der Waals surface area contributed by atoms with E-state index in [9.17, 15) is 9.32 Å². The molecule has 1 aromatic rings. The molecule has 0 fully saturated rings. The first-order valence-electron chi connectivity index (χ1n) is 6.07. The smallest absolute Gasteiger partial charge is 0.0685 e. The third-order valence-corrected chi connectivity index (χ3v) is 5.51. The zero-order valence-corrected chi connectivity index (χ0v) is 11.5. The second-order valence-corrected chi connectivity index (χ2v) is 7.97. The molecule has 2 atom stereocenters. The Hall–Kier alpha value is -0.670. The van der Waals surface area contributed by atoms with Gasteiger partial charge in [0.15, 0.2) is 0 Å². The molecular formula is C14H20O2S. The second kappa shape index (κ2) is 4.54. The molecule has 0 radical (unpaired) electrons.